The molecular weight excluding hydrogens is 256 g/mol. The van der Waals surface area contributed by atoms with Crippen molar-refractivity contribution in [2.75, 3.05) is 6.54 Å². The number of amides is 1. The number of pyridine rings is 1. The first-order valence-corrected chi connectivity index (χ1v) is 7.12. The summed E-state index contributed by atoms with van der Waals surface area (Å²) in [5, 5.41) is 11.7. The van der Waals surface area contributed by atoms with Crippen LogP contribution >= 0.6 is 0 Å². The molecule has 2 fully saturated rings. The van der Waals surface area contributed by atoms with Crippen molar-refractivity contribution in [1.82, 2.24) is 10.3 Å². The maximum Gasteiger partial charge on any atom is 0.337 e. The molecule has 5 heteroatoms. The van der Waals surface area contributed by atoms with Crippen molar-refractivity contribution in [2.45, 2.75) is 25.7 Å². The molecule has 0 spiro atoms. The van der Waals surface area contributed by atoms with E-state index in [0.717, 1.165) is 18.4 Å². The summed E-state index contributed by atoms with van der Waals surface area (Å²) in [5.74, 6) is 0.966. The molecule has 0 saturated heterocycles. The highest BCUT2D eigenvalue weighted by atomic mass is 16.4. The second-order valence-electron chi connectivity index (χ2n) is 5.79. The molecule has 1 amide bonds. The fraction of sp³-hybridized carbons (Fsp3) is 0.533. The molecule has 20 heavy (non-hydrogen) atoms. The standard InChI is InChI=1S/C15H18N2O3/c18-14(13-6-5-11(7-16-13)15(19)20)17-8-12(9-1-2-9)10-3-4-10/h5-7,9-10,12H,1-4,8H2,(H,17,18)(H,19,20). The first-order valence-electron chi connectivity index (χ1n) is 7.12. The van der Waals surface area contributed by atoms with Gasteiger partial charge in [-0.25, -0.2) is 4.79 Å². The van der Waals surface area contributed by atoms with E-state index < -0.39 is 5.97 Å². The van der Waals surface area contributed by atoms with Gasteiger partial charge >= 0.3 is 5.97 Å². The van der Waals surface area contributed by atoms with E-state index >= 15 is 0 Å². The Kier molecular flexibility index (Phi) is 3.42. The van der Waals surface area contributed by atoms with Gasteiger partial charge in [-0.15, -0.1) is 0 Å². The number of hydrogen-bond donors (Lipinski definition) is 2. The lowest BCUT2D eigenvalue weighted by molar-refractivity contribution is 0.0695. The molecular formula is C15H18N2O3. The quantitative estimate of drug-likeness (QED) is 0.831. The second kappa shape index (κ2) is 5.23. The van der Waals surface area contributed by atoms with E-state index in [1.807, 2.05) is 0 Å². The van der Waals surface area contributed by atoms with Crippen LogP contribution in [0.15, 0.2) is 18.3 Å². The van der Waals surface area contributed by atoms with Crippen LogP contribution in [0.1, 0.15) is 46.5 Å². The van der Waals surface area contributed by atoms with Crippen molar-refractivity contribution in [3.05, 3.63) is 29.6 Å². The molecule has 0 atom stereocenters. The van der Waals surface area contributed by atoms with Crippen LogP contribution in [0, 0.1) is 17.8 Å². The average molecular weight is 274 g/mol. The van der Waals surface area contributed by atoms with Crippen molar-refractivity contribution in [2.24, 2.45) is 17.8 Å². The van der Waals surface area contributed by atoms with Gasteiger partial charge in [-0.2, -0.15) is 0 Å². The molecule has 2 aliphatic rings. The SMILES string of the molecule is O=C(O)c1ccc(C(=O)NCC(C2CC2)C2CC2)nc1. The van der Waals surface area contributed by atoms with Crippen molar-refractivity contribution in [3.63, 3.8) is 0 Å². The van der Waals surface area contributed by atoms with E-state index in [0.29, 0.717) is 5.92 Å². The topological polar surface area (TPSA) is 79.3 Å². The number of rotatable bonds is 6. The normalized spacial score (nSPS) is 18.1. The predicted octanol–water partition coefficient (Wildman–Crippen LogP) is 1.95. The number of hydrogen-bond acceptors (Lipinski definition) is 3. The summed E-state index contributed by atoms with van der Waals surface area (Å²) in [6.07, 6.45) is 6.40. The zero-order valence-electron chi connectivity index (χ0n) is 11.2. The van der Waals surface area contributed by atoms with Crippen LogP contribution in [0.2, 0.25) is 0 Å². The van der Waals surface area contributed by atoms with Gasteiger partial charge in [0.05, 0.1) is 5.56 Å². The van der Waals surface area contributed by atoms with E-state index in [1.165, 1.54) is 44.0 Å². The van der Waals surface area contributed by atoms with E-state index in [-0.39, 0.29) is 17.2 Å². The third kappa shape index (κ3) is 2.98. The van der Waals surface area contributed by atoms with E-state index in [4.69, 9.17) is 5.11 Å². The van der Waals surface area contributed by atoms with Crippen molar-refractivity contribution in [3.8, 4) is 0 Å². The minimum absolute atomic E-state index is 0.0930. The Morgan fingerprint density at radius 1 is 1.25 bits per heavy atom. The Bertz CT molecular complexity index is 506. The molecule has 2 saturated carbocycles. The number of carbonyl (C=O) groups is 2. The fourth-order valence-corrected chi connectivity index (χ4v) is 2.72. The van der Waals surface area contributed by atoms with Gasteiger partial charge in [-0.1, -0.05) is 0 Å². The second-order valence-corrected chi connectivity index (χ2v) is 5.79. The van der Waals surface area contributed by atoms with Gasteiger partial charge in [0.15, 0.2) is 0 Å². The monoisotopic (exact) mass is 274 g/mol. The van der Waals surface area contributed by atoms with E-state index in [2.05, 4.69) is 10.3 Å². The Hall–Kier alpha value is -1.91. The lowest BCUT2D eigenvalue weighted by Crippen LogP contribution is -2.31. The van der Waals surface area contributed by atoms with Crippen LogP contribution in [0.25, 0.3) is 0 Å². The molecule has 2 N–H and O–H groups in total. The highest BCUT2D eigenvalue weighted by Gasteiger charge is 2.41. The third-order valence-corrected chi connectivity index (χ3v) is 4.20. The Labute approximate surface area is 117 Å². The number of carbonyl (C=O) groups excluding carboxylic acids is 1. The predicted molar refractivity (Wildman–Crippen MR) is 72.5 cm³/mol. The van der Waals surface area contributed by atoms with Crippen LogP contribution in [0.3, 0.4) is 0 Å². The Balaban J connectivity index is 1.56. The summed E-state index contributed by atoms with van der Waals surface area (Å²) in [6, 6.07) is 2.87. The molecule has 0 aliphatic heterocycles. The van der Waals surface area contributed by atoms with Gasteiger partial charge in [0, 0.05) is 12.7 Å². The number of carboxylic acids is 1. The van der Waals surface area contributed by atoms with Crippen LogP contribution in [0.5, 0.6) is 0 Å². The molecule has 3 rings (SSSR count). The number of nitrogens with zero attached hydrogens (tertiary/aromatic N) is 1. The lowest BCUT2D eigenvalue weighted by Gasteiger charge is -2.15. The zero-order chi connectivity index (χ0) is 14.1. The maximum absolute atomic E-state index is 12.0. The Morgan fingerprint density at radius 2 is 1.90 bits per heavy atom. The number of nitrogens with one attached hydrogen (secondary N) is 1. The molecule has 1 aromatic heterocycles. The summed E-state index contributed by atoms with van der Waals surface area (Å²) < 4.78 is 0. The average Bonchev–Trinajstić information content (AvgIpc) is 3.32. The Morgan fingerprint density at radius 3 is 2.35 bits per heavy atom. The molecule has 106 valence electrons. The van der Waals surface area contributed by atoms with Gasteiger partial charge in [0.25, 0.3) is 5.91 Å². The largest absolute Gasteiger partial charge is 0.478 e. The summed E-state index contributed by atoms with van der Waals surface area (Å²) in [7, 11) is 0. The van der Waals surface area contributed by atoms with Crippen molar-refractivity contribution in [1.29, 1.82) is 0 Å². The molecule has 0 aromatic carbocycles. The van der Waals surface area contributed by atoms with Gasteiger partial charge in [0.2, 0.25) is 0 Å². The molecule has 0 radical (unpaired) electrons. The maximum atomic E-state index is 12.0. The third-order valence-electron chi connectivity index (χ3n) is 4.20. The minimum Gasteiger partial charge on any atom is -0.478 e. The number of aromatic nitrogens is 1. The summed E-state index contributed by atoms with van der Waals surface area (Å²) >= 11 is 0. The van der Waals surface area contributed by atoms with Gasteiger partial charge in [0.1, 0.15) is 5.69 Å². The van der Waals surface area contributed by atoms with Crippen LogP contribution < -0.4 is 5.32 Å². The first kappa shape index (κ1) is 13.1. The van der Waals surface area contributed by atoms with E-state index in [1.54, 1.807) is 0 Å². The van der Waals surface area contributed by atoms with Crippen LogP contribution in [-0.4, -0.2) is 28.5 Å². The van der Waals surface area contributed by atoms with Gasteiger partial charge < -0.3 is 10.4 Å². The van der Waals surface area contributed by atoms with E-state index in [9.17, 15) is 9.59 Å². The molecule has 1 heterocycles. The zero-order valence-corrected chi connectivity index (χ0v) is 11.2. The highest BCUT2D eigenvalue weighted by Crippen LogP contribution is 2.48. The van der Waals surface area contributed by atoms with Gasteiger partial charge in [-0.3, -0.25) is 9.78 Å². The summed E-state index contributed by atoms with van der Waals surface area (Å²) in [5.41, 5.74) is 0.371. The summed E-state index contributed by atoms with van der Waals surface area (Å²) in [4.78, 5) is 26.6. The first-order chi connectivity index (χ1) is 9.65. The summed E-state index contributed by atoms with van der Waals surface area (Å²) in [6.45, 7) is 0.719. The lowest BCUT2D eigenvalue weighted by atomic mass is 9.98. The molecule has 0 unspecified atom stereocenters. The van der Waals surface area contributed by atoms with Gasteiger partial charge in [-0.05, 0) is 55.6 Å². The minimum atomic E-state index is -1.04. The number of aromatic carboxylic acids is 1. The van der Waals surface area contributed by atoms with Crippen LogP contribution in [0.4, 0.5) is 0 Å². The molecule has 1 aromatic rings. The molecule has 5 nitrogen and oxygen atoms in total. The fourth-order valence-electron chi connectivity index (χ4n) is 2.72. The number of carboxylic acid groups (broad SMARTS) is 1. The van der Waals surface area contributed by atoms with Crippen LogP contribution in [-0.2, 0) is 0 Å². The molecule has 2 aliphatic carbocycles. The van der Waals surface area contributed by atoms with Crippen molar-refractivity contribution >= 4 is 11.9 Å². The smallest absolute Gasteiger partial charge is 0.337 e. The molecule has 0 bridgehead atoms. The van der Waals surface area contributed by atoms with Crippen molar-refractivity contribution < 1.29 is 14.7 Å². The highest BCUT2D eigenvalue weighted by molar-refractivity contribution is 5.93.